The molecule has 0 spiro atoms. The van der Waals surface area contributed by atoms with Crippen molar-refractivity contribution >= 4 is 27.3 Å². The number of hydrogen-bond donors (Lipinski definition) is 3. The smallest absolute Gasteiger partial charge is 0.356 e. The van der Waals surface area contributed by atoms with Crippen molar-refractivity contribution in [3.05, 3.63) is 11.2 Å². The first-order valence-electron chi connectivity index (χ1n) is 2.88. The van der Waals surface area contributed by atoms with E-state index in [0.717, 1.165) is 5.51 Å². The topological polar surface area (TPSA) is 122 Å². The maximum atomic E-state index is 11.1. The summed E-state index contributed by atoms with van der Waals surface area (Å²) in [5.74, 6) is 3.31. The highest BCUT2D eigenvalue weighted by atomic mass is 32.2. The number of carboxylic acid groups (broad SMARTS) is 1. The molecule has 0 bridgehead atoms. The number of rotatable bonds is 3. The molecule has 0 saturated carbocycles. The number of carbonyl (C=O) groups is 1. The standard InChI is InChI=1S/C4H5N3O4S2/c5-7-13(10,11)4-2(3(8)9)6-1-12-4/h1,7H,5H2,(H,8,9). The Morgan fingerprint density at radius 2 is 2.31 bits per heavy atom. The molecule has 0 fully saturated rings. The second kappa shape index (κ2) is 3.38. The van der Waals surface area contributed by atoms with Gasteiger partial charge in [0.25, 0.3) is 10.0 Å². The molecule has 0 unspecified atom stereocenters. The molecule has 13 heavy (non-hydrogen) atoms. The minimum atomic E-state index is -3.93. The number of sulfonamides is 1. The summed E-state index contributed by atoms with van der Waals surface area (Å²) in [4.78, 5) is 15.3. The van der Waals surface area contributed by atoms with Gasteiger partial charge in [-0.2, -0.15) is 0 Å². The highest BCUT2D eigenvalue weighted by molar-refractivity contribution is 7.91. The third kappa shape index (κ3) is 1.83. The lowest BCUT2D eigenvalue weighted by Crippen LogP contribution is -2.30. The number of nitrogens with zero attached hydrogens (tertiary/aromatic N) is 1. The predicted octanol–water partition coefficient (Wildman–Crippen LogP) is -1.01. The van der Waals surface area contributed by atoms with E-state index in [2.05, 4.69) is 4.98 Å². The summed E-state index contributed by atoms with van der Waals surface area (Å²) in [7, 11) is -3.93. The Bertz CT molecular complexity index is 422. The number of hydrogen-bond acceptors (Lipinski definition) is 6. The van der Waals surface area contributed by atoms with Crippen molar-refractivity contribution in [1.82, 2.24) is 9.82 Å². The maximum absolute atomic E-state index is 11.1. The predicted molar refractivity (Wildman–Crippen MR) is 43.6 cm³/mol. The molecule has 1 heterocycles. The van der Waals surface area contributed by atoms with E-state index in [-0.39, 0.29) is 0 Å². The Hall–Kier alpha value is -1.03. The Balaban J connectivity index is 3.31. The zero-order valence-electron chi connectivity index (χ0n) is 6.09. The van der Waals surface area contributed by atoms with Crippen molar-refractivity contribution in [3.8, 4) is 0 Å². The van der Waals surface area contributed by atoms with Gasteiger partial charge < -0.3 is 5.11 Å². The first-order valence-corrected chi connectivity index (χ1v) is 5.24. The van der Waals surface area contributed by atoms with E-state index in [9.17, 15) is 13.2 Å². The first kappa shape index (κ1) is 10.1. The van der Waals surface area contributed by atoms with Gasteiger partial charge in [0.15, 0.2) is 9.90 Å². The van der Waals surface area contributed by atoms with Gasteiger partial charge in [0, 0.05) is 0 Å². The molecule has 0 aliphatic carbocycles. The number of hydrazine groups is 1. The highest BCUT2D eigenvalue weighted by Crippen LogP contribution is 2.18. The van der Waals surface area contributed by atoms with Gasteiger partial charge in [-0.15, -0.1) is 16.2 Å². The van der Waals surface area contributed by atoms with Crippen LogP contribution in [0.4, 0.5) is 0 Å². The number of nitrogens with two attached hydrogens (primary N) is 1. The van der Waals surface area contributed by atoms with E-state index in [1.54, 1.807) is 0 Å². The third-order valence-corrected chi connectivity index (χ3v) is 3.69. The van der Waals surface area contributed by atoms with E-state index >= 15 is 0 Å². The van der Waals surface area contributed by atoms with Crippen LogP contribution in [0.25, 0.3) is 0 Å². The largest absolute Gasteiger partial charge is 0.476 e. The van der Waals surface area contributed by atoms with Gasteiger partial charge in [0.2, 0.25) is 0 Å². The average molecular weight is 223 g/mol. The van der Waals surface area contributed by atoms with Gasteiger partial charge in [0.1, 0.15) is 0 Å². The van der Waals surface area contributed by atoms with Crippen molar-refractivity contribution < 1.29 is 18.3 Å². The number of nitrogens with one attached hydrogen (secondary N) is 1. The van der Waals surface area contributed by atoms with Crippen LogP contribution in [0.1, 0.15) is 10.5 Å². The lowest BCUT2D eigenvalue weighted by atomic mass is 10.5. The Morgan fingerprint density at radius 3 is 2.77 bits per heavy atom. The fourth-order valence-corrected chi connectivity index (χ4v) is 2.41. The molecule has 9 heteroatoms. The molecule has 0 atom stereocenters. The van der Waals surface area contributed by atoms with Crippen molar-refractivity contribution in [1.29, 1.82) is 0 Å². The van der Waals surface area contributed by atoms with Crippen LogP contribution in [0, 0.1) is 0 Å². The van der Waals surface area contributed by atoms with Gasteiger partial charge in [-0.25, -0.2) is 18.2 Å². The lowest BCUT2D eigenvalue weighted by molar-refractivity contribution is 0.0687. The number of carboxylic acids is 1. The second-order valence-electron chi connectivity index (χ2n) is 1.91. The monoisotopic (exact) mass is 223 g/mol. The van der Waals surface area contributed by atoms with Gasteiger partial charge in [-0.1, -0.05) is 0 Å². The summed E-state index contributed by atoms with van der Waals surface area (Å²) in [5, 5.41) is 8.52. The molecule has 0 aliphatic rings. The van der Waals surface area contributed by atoms with E-state index in [4.69, 9.17) is 10.9 Å². The Kier molecular flexibility index (Phi) is 2.61. The van der Waals surface area contributed by atoms with Crippen LogP contribution in [0.2, 0.25) is 0 Å². The third-order valence-electron chi connectivity index (χ3n) is 1.14. The molecule has 0 saturated heterocycles. The summed E-state index contributed by atoms with van der Waals surface area (Å²) in [6.45, 7) is 0. The lowest BCUT2D eigenvalue weighted by Gasteiger charge is -1.97. The molecule has 4 N–H and O–H groups in total. The maximum Gasteiger partial charge on any atom is 0.356 e. The number of thiazole rings is 1. The summed E-state index contributed by atoms with van der Waals surface area (Å²) >= 11 is 0.687. The SMILES string of the molecule is NNS(=O)(=O)c1scnc1C(=O)O. The van der Waals surface area contributed by atoms with Gasteiger partial charge in [-0.3, -0.25) is 5.84 Å². The molecule has 7 nitrogen and oxygen atoms in total. The van der Waals surface area contributed by atoms with Gasteiger partial charge >= 0.3 is 5.97 Å². The minimum absolute atomic E-state index is 0.400. The zero-order chi connectivity index (χ0) is 10.1. The van der Waals surface area contributed by atoms with Gasteiger partial charge in [0.05, 0.1) is 5.51 Å². The fraction of sp³-hybridized carbons (Fsp3) is 0. The van der Waals surface area contributed by atoms with Crippen LogP contribution in [0.3, 0.4) is 0 Å². The molecule has 0 aromatic carbocycles. The molecule has 72 valence electrons. The molecule has 0 amide bonds. The first-order chi connectivity index (χ1) is 5.99. The number of aromatic carboxylic acids is 1. The zero-order valence-corrected chi connectivity index (χ0v) is 7.72. The molecule has 1 rings (SSSR count). The van der Waals surface area contributed by atoms with E-state index in [1.165, 1.54) is 4.83 Å². The van der Waals surface area contributed by atoms with Crippen LogP contribution >= 0.6 is 11.3 Å². The van der Waals surface area contributed by atoms with Gasteiger partial charge in [-0.05, 0) is 0 Å². The van der Waals surface area contributed by atoms with E-state index in [1.807, 2.05) is 0 Å². The Morgan fingerprint density at radius 1 is 1.69 bits per heavy atom. The summed E-state index contributed by atoms with van der Waals surface area (Å²) < 4.78 is 21.7. The molecule has 0 radical (unpaired) electrons. The van der Waals surface area contributed by atoms with Crippen LogP contribution < -0.4 is 10.7 Å². The number of aromatic nitrogens is 1. The molecular formula is C4H5N3O4S2. The van der Waals surface area contributed by atoms with Crippen LogP contribution in [-0.4, -0.2) is 24.5 Å². The molecule has 1 aromatic rings. The molecule has 1 aromatic heterocycles. The Labute approximate surface area is 77.2 Å². The van der Waals surface area contributed by atoms with Crippen LogP contribution in [0.5, 0.6) is 0 Å². The average Bonchev–Trinajstić information content (AvgIpc) is 2.52. The summed E-state index contributed by atoms with van der Waals surface area (Å²) in [5.41, 5.74) is 0.594. The van der Waals surface area contributed by atoms with E-state index in [0.29, 0.717) is 11.3 Å². The molecular weight excluding hydrogens is 218 g/mol. The summed E-state index contributed by atoms with van der Waals surface area (Å²) in [6, 6.07) is 0. The van der Waals surface area contributed by atoms with Crippen molar-refractivity contribution in [2.45, 2.75) is 4.21 Å². The van der Waals surface area contributed by atoms with Crippen LogP contribution in [0.15, 0.2) is 9.72 Å². The van der Waals surface area contributed by atoms with Crippen LogP contribution in [-0.2, 0) is 10.0 Å². The second-order valence-corrected chi connectivity index (χ2v) is 4.68. The summed E-state index contributed by atoms with van der Waals surface area (Å²) in [6.07, 6.45) is 0. The van der Waals surface area contributed by atoms with Crippen molar-refractivity contribution in [2.24, 2.45) is 5.84 Å². The van der Waals surface area contributed by atoms with Crippen molar-refractivity contribution in [2.75, 3.05) is 0 Å². The van der Waals surface area contributed by atoms with E-state index < -0.39 is 25.9 Å². The quantitative estimate of drug-likeness (QED) is 0.446. The van der Waals surface area contributed by atoms with Crippen molar-refractivity contribution in [3.63, 3.8) is 0 Å². The fourth-order valence-electron chi connectivity index (χ4n) is 0.622. The molecule has 0 aliphatic heterocycles. The normalized spacial score (nSPS) is 11.5. The minimum Gasteiger partial charge on any atom is -0.476 e. The highest BCUT2D eigenvalue weighted by Gasteiger charge is 2.24.